The van der Waals surface area contributed by atoms with Crippen LogP contribution < -0.4 is 21.4 Å². The normalized spacial score (nSPS) is 10.6. The summed E-state index contributed by atoms with van der Waals surface area (Å²) in [5, 5.41) is 18.7. The number of hydroxylamine groups is 1. The summed E-state index contributed by atoms with van der Waals surface area (Å²) in [5.74, 6) is 1.12. The zero-order valence-electron chi connectivity index (χ0n) is 18.8. The maximum absolute atomic E-state index is 12.6. The molecule has 0 aliphatic carbocycles. The van der Waals surface area contributed by atoms with Gasteiger partial charge in [0.25, 0.3) is 5.91 Å². The minimum absolute atomic E-state index is 0.292. The van der Waals surface area contributed by atoms with E-state index in [9.17, 15) is 9.59 Å². The van der Waals surface area contributed by atoms with Crippen molar-refractivity contribution in [2.45, 2.75) is 39.5 Å². The molecule has 3 rings (SSSR count). The van der Waals surface area contributed by atoms with E-state index >= 15 is 0 Å². The first-order chi connectivity index (χ1) is 16.4. The molecule has 0 aliphatic heterocycles. The summed E-state index contributed by atoms with van der Waals surface area (Å²) >= 11 is 7.40. The van der Waals surface area contributed by atoms with E-state index in [0.29, 0.717) is 57.6 Å². The van der Waals surface area contributed by atoms with Crippen LogP contribution in [0, 0.1) is 13.8 Å². The number of carbonyl (C=O) groups excluding carboxylic acids is 2. The Bertz CT molecular complexity index is 1140. The third kappa shape index (κ3) is 7.37. The number of halogens is 1. The zero-order valence-corrected chi connectivity index (χ0v) is 20.4. The Morgan fingerprint density at radius 1 is 1.12 bits per heavy atom. The van der Waals surface area contributed by atoms with Crippen LogP contribution in [0.15, 0.2) is 30.5 Å². The lowest BCUT2D eigenvalue weighted by Crippen LogP contribution is -2.17. The van der Waals surface area contributed by atoms with Gasteiger partial charge in [0.15, 0.2) is 5.13 Å². The van der Waals surface area contributed by atoms with Crippen LogP contribution in [0.5, 0.6) is 0 Å². The fraction of sp³-hybridized carbons (Fsp3) is 0.318. The number of nitrogens with one attached hydrogen (secondary N) is 4. The fourth-order valence-electron chi connectivity index (χ4n) is 3.09. The summed E-state index contributed by atoms with van der Waals surface area (Å²) in [6.45, 7) is 4.34. The Balaban J connectivity index is 1.55. The number of amides is 2. The highest BCUT2D eigenvalue weighted by Gasteiger charge is 2.14. The predicted octanol–water partition coefficient (Wildman–Crippen LogP) is 4.68. The molecular weight excluding hydrogens is 478 g/mol. The first kappa shape index (κ1) is 25.3. The number of hydrogen-bond acceptors (Lipinski definition) is 9. The zero-order chi connectivity index (χ0) is 24.5. The molecule has 0 aliphatic rings. The highest BCUT2D eigenvalue weighted by atomic mass is 35.5. The molecule has 5 N–H and O–H groups in total. The number of rotatable bonds is 11. The molecule has 0 saturated heterocycles. The van der Waals surface area contributed by atoms with Crippen molar-refractivity contribution in [3.63, 3.8) is 0 Å². The van der Waals surface area contributed by atoms with E-state index < -0.39 is 0 Å². The Hall–Kier alpha value is -3.28. The van der Waals surface area contributed by atoms with Crippen molar-refractivity contribution in [2.75, 3.05) is 22.5 Å². The van der Waals surface area contributed by atoms with E-state index in [1.54, 1.807) is 24.5 Å². The molecule has 2 aromatic heterocycles. The van der Waals surface area contributed by atoms with Crippen LogP contribution in [-0.2, 0) is 4.79 Å². The lowest BCUT2D eigenvalue weighted by Gasteiger charge is -2.09. The highest BCUT2D eigenvalue weighted by Crippen LogP contribution is 2.28. The Kier molecular flexibility index (Phi) is 9.14. The second kappa shape index (κ2) is 12.3. The van der Waals surface area contributed by atoms with Crippen molar-refractivity contribution in [1.82, 2.24) is 20.4 Å². The van der Waals surface area contributed by atoms with Gasteiger partial charge in [-0.15, -0.1) is 0 Å². The number of thiazole rings is 1. The molecule has 10 nitrogen and oxygen atoms in total. The van der Waals surface area contributed by atoms with Gasteiger partial charge in [-0.3, -0.25) is 14.8 Å². The summed E-state index contributed by atoms with van der Waals surface area (Å²) < 4.78 is 0. The summed E-state index contributed by atoms with van der Waals surface area (Å²) in [6, 6.07) is 7.19. The number of hydrogen-bond donors (Lipinski definition) is 5. The number of aromatic nitrogens is 3. The fourth-order valence-corrected chi connectivity index (χ4v) is 4.08. The molecule has 0 unspecified atom stereocenters. The molecule has 1 aromatic carbocycles. The van der Waals surface area contributed by atoms with Gasteiger partial charge in [-0.25, -0.2) is 20.4 Å². The van der Waals surface area contributed by atoms with Gasteiger partial charge >= 0.3 is 0 Å². The van der Waals surface area contributed by atoms with E-state index in [1.165, 1.54) is 17.5 Å². The van der Waals surface area contributed by atoms with Gasteiger partial charge in [0, 0.05) is 19.0 Å². The first-order valence-corrected chi connectivity index (χ1v) is 11.9. The number of nitrogens with zero attached hydrogens (tertiary/aromatic N) is 3. The quantitative estimate of drug-likeness (QED) is 0.144. The van der Waals surface area contributed by atoms with E-state index in [4.69, 9.17) is 16.8 Å². The van der Waals surface area contributed by atoms with E-state index in [-0.39, 0.29) is 11.8 Å². The van der Waals surface area contributed by atoms with Crippen LogP contribution in [0.4, 0.5) is 22.5 Å². The third-order valence-corrected chi connectivity index (χ3v) is 6.00. The molecule has 0 saturated carbocycles. The lowest BCUT2D eigenvalue weighted by molar-refractivity contribution is -0.129. The van der Waals surface area contributed by atoms with Crippen LogP contribution >= 0.6 is 22.9 Å². The van der Waals surface area contributed by atoms with Crippen molar-refractivity contribution in [3.8, 4) is 0 Å². The number of benzene rings is 1. The van der Waals surface area contributed by atoms with Crippen LogP contribution in [0.25, 0.3) is 0 Å². The number of unbranched alkanes of at least 4 members (excludes halogenated alkanes) is 2. The van der Waals surface area contributed by atoms with Gasteiger partial charge in [0.05, 0.1) is 16.9 Å². The van der Waals surface area contributed by atoms with Gasteiger partial charge < -0.3 is 16.0 Å². The van der Waals surface area contributed by atoms with Crippen LogP contribution in [-0.4, -0.2) is 38.5 Å². The standard InChI is InChI=1S/C22H26ClN7O3S/c1-13-7-6-8-15(23)20(13)29-21(32)16-12-25-22(34-16)28-18-11-17(26-14(2)27-18)24-10-5-3-4-9-19(31)30-33/h6-8,11-12,33H,3-5,9-10H2,1-2H3,(H,29,32)(H,30,31)(H2,24,25,26,27,28). The van der Waals surface area contributed by atoms with Crippen molar-refractivity contribution in [3.05, 3.63) is 51.7 Å². The third-order valence-electron chi connectivity index (χ3n) is 4.77. The molecule has 0 radical (unpaired) electrons. The predicted molar refractivity (Wildman–Crippen MR) is 133 cm³/mol. The molecule has 2 amide bonds. The monoisotopic (exact) mass is 503 g/mol. The maximum Gasteiger partial charge on any atom is 0.267 e. The van der Waals surface area contributed by atoms with Gasteiger partial charge in [0.2, 0.25) is 5.91 Å². The first-order valence-electron chi connectivity index (χ1n) is 10.7. The molecule has 12 heteroatoms. The maximum atomic E-state index is 12.6. The molecule has 0 atom stereocenters. The summed E-state index contributed by atoms with van der Waals surface area (Å²) in [5.41, 5.74) is 3.08. The summed E-state index contributed by atoms with van der Waals surface area (Å²) in [4.78, 5) is 37.1. The largest absolute Gasteiger partial charge is 0.370 e. The number of para-hydroxylation sites is 1. The SMILES string of the molecule is Cc1nc(NCCCCCC(=O)NO)cc(Nc2ncc(C(=O)Nc3c(C)cccc3Cl)s2)n1. The van der Waals surface area contributed by atoms with Crippen molar-refractivity contribution in [1.29, 1.82) is 0 Å². The number of carbonyl (C=O) groups is 2. The molecule has 0 fully saturated rings. The van der Waals surface area contributed by atoms with Gasteiger partial charge in [-0.2, -0.15) is 0 Å². The average molecular weight is 504 g/mol. The van der Waals surface area contributed by atoms with Gasteiger partial charge in [-0.05, 0) is 38.3 Å². The second-order valence-electron chi connectivity index (χ2n) is 7.50. The van der Waals surface area contributed by atoms with E-state index in [0.717, 1.165) is 18.4 Å². The van der Waals surface area contributed by atoms with Crippen LogP contribution in [0.3, 0.4) is 0 Å². The summed E-state index contributed by atoms with van der Waals surface area (Å²) in [7, 11) is 0. The Labute approximate surface area is 206 Å². The molecular formula is C22H26ClN7O3S. The lowest BCUT2D eigenvalue weighted by atomic mass is 10.2. The van der Waals surface area contributed by atoms with Crippen molar-refractivity contribution < 1.29 is 14.8 Å². The molecule has 0 bridgehead atoms. The van der Waals surface area contributed by atoms with Gasteiger partial charge in [0.1, 0.15) is 22.3 Å². The van der Waals surface area contributed by atoms with E-state index in [1.807, 2.05) is 19.1 Å². The minimum atomic E-state index is -0.378. The topological polar surface area (TPSA) is 141 Å². The summed E-state index contributed by atoms with van der Waals surface area (Å²) in [6.07, 6.45) is 4.18. The second-order valence-corrected chi connectivity index (χ2v) is 8.94. The highest BCUT2D eigenvalue weighted by molar-refractivity contribution is 7.17. The van der Waals surface area contributed by atoms with E-state index in [2.05, 4.69) is 30.9 Å². The Morgan fingerprint density at radius 3 is 2.68 bits per heavy atom. The average Bonchev–Trinajstić information content (AvgIpc) is 3.26. The van der Waals surface area contributed by atoms with Crippen LogP contribution in [0.1, 0.15) is 46.7 Å². The van der Waals surface area contributed by atoms with Crippen LogP contribution in [0.2, 0.25) is 5.02 Å². The molecule has 2 heterocycles. The molecule has 34 heavy (non-hydrogen) atoms. The molecule has 3 aromatic rings. The number of anilines is 4. The smallest absolute Gasteiger partial charge is 0.267 e. The van der Waals surface area contributed by atoms with Crippen molar-refractivity contribution in [2.24, 2.45) is 0 Å². The molecule has 180 valence electrons. The minimum Gasteiger partial charge on any atom is -0.370 e. The molecule has 0 spiro atoms. The van der Waals surface area contributed by atoms with Crippen molar-refractivity contribution >= 4 is 57.2 Å². The van der Waals surface area contributed by atoms with Gasteiger partial charge in [-0.1, -0.05) is 41.5 Å². The Morgan fingerprint density at radius 2 is 1.91 bits per heavy atom. The number of aryl methyl sites for hydroxylation is 2.